The van der Waals surface area contributed by atoms with Gasteiger partial charge in [0.15, 0.2) is 0 Å². The summed E-state index contributed by atoms with van der Waals surface area (Å²) in [6.45, 7) is 0.150. The quantitative estimate of drug-likeness (QED) is 0.649. The molecule has 0 aliphatic rings. The van der Waals surface area contributed by atoms with E-state index in [1.165, 1.54) is 7.11 Å². The third kappa shape index (κ3) is 4.17. The summed E-state index contributed by atoms with van der Waals surface area (Å²) in [6.07, 6.45) is -4.85. The summed E-state index contributed by atoms with van der Waals surface area (Å²) in [6, 6.07) is 2.10. The standard InChI is InChI=1S/C12H12BrF4NO2/c1-20-6-7(5-13)18-11(19)8-3-2-4-9(10(8)14)12(15,16)17/h2-4,7H,5-6H2,1H3,(H,18,19). The molecule has 3 nitrogen and oxygen atoms in total. The number of benzene rings is 1. The van der Waals surface area contributed by atoms with Crippen LogP contribution in [0.1, 0.15) is 15.9 Å². The van der Waals surface area contributed by atoms with Crippen LogP contribution in [0.5, 0.6) is 0 Å². The zero-order valence-electron chi connectivity index (χ0n) is 10.4. The highest BCUT2D eigenvalue weighted by Gasteiger charge is 2.35. The Kier molecular flexibility index (Phi) is 5.94. The third-order valence-electron chi connectivity index (χ3n) is 2.44. The molecule has 1 unspecified atom stereocenters. The van der Waals surface area contributed by atoms with Gasteiger partial charge in [-0.15, -0.1) is 0 Å². The molecule has 1 amide bonds. The minimum atomic E-state index is -4.85. The second-order valence-electron chi connectivity index (χ2n) is 3.94. The van der Waals surface area contributed by atoms with E-state index in [-0.39, 0.29) is 6.61 Å². The zero-order chi connectivity index (χ0) is 15.3. The molecule has 1 N–H and O–H groups in total. The van der Waals surface area contributed by atoms with E-state index in [9.17, 15) is 22.4 Å². The molecule has 1 aromatic carbocycles. The Morgan fingerprint density at radius 2 is 2.10 bits per heavy atom. The van der Waals surface area contributed by atoms with Gasteiger partial charge in [0, 0.05) is 12.4 Å². The van der Waals surface area contributed by atoms with E-state index in [0.717, 1.165) is 12.1 Å². The van der Waals surface area contributed by atoms with Gasteiger partial charge in [-0.3, -0.25) is 4.79 Å². The lowest BCUT2D eigenvalue weighted by atomic mass is 10.1. The molecule has 0 aromatic heterocycles. The third-order valence-corrected chi connectivity index (χ3v) is 3.22. The lowest BCUT2D eigenvalue weighted by Crippen LogP contribution is -2.39. The number of hydrogen-bond donors (Lipinski definition) is 1. The molecule has 0 saturated heterocycles. The second-order valence-corrected chi connectivity index (χ2v) is 4.59. The summed E-state index contributed by atoms with van der Waals surface area (Å²) < 4.78 is 56.2. The fourth-order valence-corrected chi connectivity index (χ4v) is 1.86. The molecular formula is C12H12BrF4NO2. The van der Waals surface area contributed by atoms with E-state index in [1.54, 1.807) is 0 Å². The topological polar surface area (TPSA) is 38.3 Å². The molecule has 1 rings (SSSR count). The normalized spacial score (nSPS) is 13.1. The first-order valence-electron chi connectivity index (χ1n) is 5.52. The van der Waals surface area contributed by atoms with Gasteiger partial charge in [0.25, 0.3) is 5.91 Å². The molecule has 1 aromatic rings. The maximum absolute atomic E-state index is 13.7. The van der Waals surface area contributed by atoms with Crippen molar-refractivity contribution in [2.75, 3.05) is 19.0 Å². The van der Waals surface area contributed by atoms with Gasteiger partial charge in [-0.05, 0) is 12.1 Å². The summed E-state index contributed by atoms with van der Waals surface area (Å²) in [7, 11) is 1.41. The number of carbonyl (C=O) groups is 1. The smallest absolute Gasteiger partial charge is 0.383 e. The van der Waals surface area contributed by atoms with Crippen LogP contribution in [0.25, 0.3) is 0 Å². The molecule has 112 valence electrons. The van der Waals surface area contributed by atoms with Crippen LogP contribution in [-0.4, -0.2) is 31.0 Å². The number of halogens is 5. The van der Waals surface area contributed by atoms with Crippen molar-refractivity contribution in [3.05, 3.63) is 35.1 Å². The molecule has 0 aliphatic carbocycles. The number of hydrogen-bond acceptors (Lipinski definition) is 2. The number of ether oxygens (including phenoxy) is 1. The summed E-state index contributed by atoms with van der Waals surface area (Å²) >= 11 is 3.11. The van der Waals surface area contributed by atoms with Gasteiger partial charge < -0.3 is 10.1 Å². The van der Waals surface area contributed by atoms with Crippen molar-refractivity contribution >= 4 is 21.8 Å². The van der Waals surface area contributed by atoms with Crippen molar-refractivity contribution in [3.63, 3.8) is 0 Å². The van der Waals surface area contributed by atoms with Crippen LogP contribution in [-0.2, 0) is 10.9 Å². The van der Waals surface area contributed by atoms with Gasteiger partial charge in [0.1, 0.15) is 5.82 Å². The van der Waals surface area contributed by atoms with E-state index in [1.807, 2.05) is 0 Å². The summed E-state index contributed by atoms with van der Waals surface area (Å²) in [5.74, 6) is -2.50. The molecule has 1 atom stereocenters. The molecule has 8 heteroatoms. The Morgan fingerprint density at radius 3 is 2.60 bits per heavy atom. The van der Waals surface area contributed by atoms with E-state index < -0.39 is 35.1 Å². The van der Waals surface area contributed by atoms with E-state index in [2.05, 4.69) is 21.2 Å². The van der Waals surface area contributed by atoms with Crippen molar-refractivity contribution in [1.29, 1.82) is 0 Å². The SMILES string of the molecule is COCC(CBr)NC(=O)c1cccc(C(F)(F)F)c1F. The number of rotatable bonds is 5. The first kappa shape index (κ1) is 16.9. The Hall–Kier alpha value is -1.15. The minimum absolute atomic E-state index is 0.150. The van der Waals surface area contributed by atoms with Crippen LogP contribution in [0.3, 0.4) is 0 Å². The van der Waals surface area contributed by atoms with Crippen molar-refractivity contribution in [3.8, 4) is 0 Å². The van der Waals surface area contributed by atoms with Crippen molar-refractivity contribution in [2.24, 2.45) is 0 Å². The molecule has 20 heavy (non-hydrogen) atoms. The van der Waals surface area contributed by atoms with Crippen LogP contribution in [0.2, 0.25) is 0 Å². The summed E-state index contributed by atoms with van der Waals surface area (Å²) in [5, 5.41) is 2.71. The summed E-state index contributed by atoms with van der Waals surface area (Å²) in [5.41, 5.74) is -2.12. The Balaban J connectivity index is 3.00. The number of amides is 1. The maximum Gasteiger partial charge on any atom is 0.419 e. The Morgan fingerprint density at radius 1 is 1.45 bits per heavy atom. The van der Waals surface area contributed by atoms with Crippen LogP contribution in [0.4, 0.5) is 17.6 Å². The van der Waals surface area contributed by atoms with Gasteiger partial charge in [-0.25, -0.2) is 4.39 Å². The predicted molar refractivity (Wildman–Crippen MR) is 68.3 cm³/mol. The van der Waals surface area contributed by atoms with Crippen LogP contribution in [0, 0.1) is 5.82 Å². The van der Waals surface area contributed by atoms with E-state index >= 15 is 0 Å². The van der Waals surface area contributed by atoms with Gasteiger partial charge in [-0.1, -0.05) is 22.0 Å². The van der Waals surface area contributed by atoms with E-state index in [0.29, 0.717) is 11.4 Å². The molecular weight excluding hydrogens is 346 g/mol. The molecule has 0 bridgehead atoms. The molecule has 0 heterocycles. The zero-order valence-corrected chi connectivity index (χ0v) is 12.0. The highest BCUT2D eigenvalue weighted by Crippen LogP contribution is 2.32. The Bertz CT molecular complexity index is 479. The van der Waals surface area contributed by atoms with Gasteiger partial charge >= 0.3 is 6.18 Å². The number of nitrogens with one attached hydrogen (secondary N) is 1. The number of methoxy groups -OCH3 is 1. The average Bonchev–Trinajstić information content (AvgIpc) is 2.36. The first-order chi connectivity index (χ1) is 9.31. The van der Waals surface area contributed by atoms with Crippen LogP contribution < -0.4 is 5.32 Å². The van der Waals surface area contributed by atoms with Gasteiger partial charge in [-0.2, -0.15) is 13.2 Å². The lowest BCUT2D eigenvalue weighted by molar-refractivity contribution is -0.140. The largest absolute Gasteiger partial charge is 0.419 e. The molecule has 0 aliphatic heterocycles. The fraction of sp³-hybridized carbons (Fsp3) is 0.417. The average molecular weight is 358 g/mol. The van der Waals surface area contributed by atoms with Crippen molar-refractivity contribution < 1.29 is 27.1 Å². The maximum atomic E-state index is 13.7. The van der Waals surface area contributed by atoms with Crippen LogP contribution >= 0.6 is 15.9 Å². The summed E-state index contributed by atoms with van der Waals surface area (Å²) in [4.78, 5) is 11.8. The second kappa shape index (κ2) is 7.03. The van der Waals surface area contributed by atoms with Crippen molar-refractivity contribution in [2.45, 2.75) is 12.2 Å². The van der Waals surface area contributed by atoms with Crippen LogP contribution in [0.15, 0.2) is 18.2 Å². The molecule has 0 spiro atoms. The Labute approximate surface area is 121 Å². The predicted octanol–water partition coefficient (Wildman–Crippen LogP) is 2.98. The van der Waals surface area contributed by atoms with E-state index in [4.69, 9.17) is 4.74 Å². The number of carbonyl (C=O) groups excluding carboxylic acids is 1. The number of alkyl halides is 4. The van der Waals surface area contributed by atoms with Crippen molar-refractivity contribution in [1.82, 2.24) is 5.32 Å². The molecule has 0 radical (unpaired) electrons. The fourth-order valence-electron chi connectivity index (χ4n) is 1.52. The lowest BCUT2D eigenvalue weighted by Gasteiger charge is -2.16. The molecule has 0 fully saturated rings. The van der Waals surface area contributed by atoms with Gasteiger partial charge in [0.05, 0.1) is 23.8 Å². The monoisotopic (exact) mass is 357 g/mol. The highest BCUT2D eigenvalue weighted by atomic mass is 79.9. The molecule has 0 saturated carbocycles. The highest BCUT2D eigenvalue weighted by molar-refractivity contribution is 9.09. The van der Waals surface area contributed by atoms with Gasteiger partial charge in [0.2, 0.25) is 0 Å². The minimum Gasteiger partial charge on any atom is -0.383 e. The first-order valence-corrected chi connectivity index (χ1v) is 6.64.